The molecule has 1 N–H and O–H groups in total. The summed E-state index contributed by atoms with van der Waals surface area (Å²) in [5.41, 5.74) is 2.49. The van der Waals surface area contributed by atoms with E-state index < -0.39 is 0 Å². The molecular formula is C26H31ClN4O3S2. The lowest BCUT2D eigenvalue weighted by Gasteiger charge is -2.11. The number of thiophene rings is 1. The quantitative estimate of drug-likeness (QED) is 0.156. The molecule has 0 fully saturated rings. The fourth-order valence-corrected chi connectivity index (χ4v) is 6.49. The van der Waals surface area contributed by atoms with E-state index in [0.29, 0.717) is 27.4 Å². The van der Waals surface area contributed by atoms with Crippen LogP contribution in [0.15, 0.2) is 29.4 Å². The maximum absolute atomic E-state index is 12.9. The highest BCUT2D eigenvalue weighted by Gasteiger charge is 2.28. The van der Waals surface area contributed by atoms with Gasteiger partial charge in [0, 0.05) is 22.0 Å². The smallest absolute Gasteiger partial charge is 0.341 e. The van der Waals surface area contributed by atoms with Gasteiger partial charge in [0.05, 0.1) is 17.9 Å². The summed E-state index contributed by atoms with van der Waals surface area (Å²) >= 11 is 8.91. The number of esters is 1. The Balaban J connectivity index is 1.47. The number of carbonyl (C=O) groups excluding carboxylic acids is 2. The summed E-state index contributed by atoms with van der Waals surface area (Å²) in [4.78, 5) is 26.7. The first-order valence-corrected chi connectivity index (χ1v) is 14.6. The zero-order valence-electron chi connectivity index (χ0n) is 20.6. The SMILES string of the molecule is CCCCCCn1c(SCC(=O)Nc2sc3c(c2C(=O)OCC)CCC3)nnc1-c1ccc(Cl)cc1. The molecule has 0 radical (unpaired) electrons. The molecule has 0 unspecified atom stereocenters. The number of rotatable bonds is 12. The molecule has 0 spiro atoms. The number of hydrogen-bond acceptors (Lipinski definition) is 7. The number of fused-ring (bicyclic) bond motifs is 1. The van der Waals surface area contributed by atoms with E-state index in [1.807, 2.05) is 24.3 Å². The summed E-state index contributed by atoms with van der Waals surface area (Å²) in [5.74, 6) is 0.391. The van der Waals surface area contributed by atoms with Gasteiger partial charge in [0.2, 0.25) is 5.91 Å². The fraction of sp³-hybridized carbons (Fsp3) is 0.462. The van der Waals surface area contributed by atoms with Crippen molar-refractivity contribution in [2.75, 3.05) is 17.7 Å². The Labute approximate surface area is 225 Å². The van der Waals surface area contributed by atoms with Crippen LogP contribution in [0.1, 0.15) is 66.8 Å². The van der Waals surface area contributed by atoms with Gasteiger partial charge in [-0.25, -0.2) is 4.79 Å². The van der Waals surface area contributed by atoms with Crippen LogP contribution in [0.5, 0.6) is 0 Å². The number of thioether (sulfide) groups is 1. The number of unbranched alkanes of at least 4 members (excludes halogenated alkanes) is 3. The zero-order chi connectivity index (χ0) is 25.5. The number of aryl methyl sites for hydroxylation is 1. The number of nitrogens with zero attached hydrogens (tertiary/aromatic N) is 3. The van der Waals surface area contributed by atoms with Crippen molar-refractivity contribution in [3.63, 3.8) is 0 Å². The lowest BCUT2D eigenvalue weighted by Crippen LogP contribution is -2.17. The second-order valence-corrected chi connectivity index (χ2v) is 11.1. The standard InChI is InChI=1S/C26H31ClN4O3S2/c1-3-5-6-7-15-31-23(17-11-13-18(27)14-12-17)29-30-26(31)35-16-21(32)28-24-22(25(33)34-4-2)19-9-8-10-20(19)36-24/h11-14H,3-10,15-16H2,1-2H3,(H,28,32). The van der Waals surface area contributed by atoms with Gasteiger partial charge in [0.15, 0.2) is 11.0 Å². The highest BCUT2D eigenvalue weighted by Crippen LogP contribution is 2.39. The third-order valence-electron chi connectivity index (χ3n) is 6.04. The molecular weight excluding hydrogens is 516 g/mol. The van der Waals surface area contributed by atoms with Crippen LogP contribution >= 0.6 is 34.7 Å². The van der Waals surface area contributed by atoms with Crippen LogP contribution in [0.4, 0.5) is 5.00 Å². The van der Waals surface area contributed by atoms with Crippen molar-refractivity contribution in [2.24, 2.45) is 0 Å². The minimum absolute atomic E-state index is 0.165. The molecule has 1 aliphatic rings. The van der Waals surface area contributed by atoms with Gasteiger partial charge in [0.25, 0.3) is 0 Å². The van der Waals surface area contributed by atoms with Crippen molar-refractivity contribution in [3.8, 4) is 11.4 Å². The lowest BCUT2D eigenvalue weighted by atomic mass is 10.1. The zero-order valence-corrected chi connectivity index (χ0v) is 23.0. The van der Waals surface area contributed by atoms with Crippen LogP contribution < -0.4 is 5.32 Å². The molecule has 0 bridgehead atoms. The molecule has 2 aromatic heterocycles. The van der Waals surface area contributed by atoms with Crippen LogP contribution in [-0.4, -0.2) is 39.0 Å². The molecule has 4 rings (SSSR count). The Bertz CT molecular complexity index is 1210. The van der Waals surface area contributed by atoms with Crippen LogP contribution in [0, 0.1) is 0 Å². The number of amides is 1. The van der Waals surface area contributed by atoms with E-state index in [2.05, 4.69) is 27.0 Å². The molecule has 0 aliphatic heterocycles. The maximum atomic E-state index is 12.9. The molecule has 0 atom stereocenters. The average Bonchev–Trinajstić information content (AvgIpc) is 3.56. The number of carbonyl (C=O) groups is 2. The first kappa shape index (κ1) is 26.7. The first-order valence-electron chi connectivity index (χ1n) is 12.4. The minimum atomic E-state index is -0.362. The predicted molar refractivity (Wildman–Crippen MR) is 146 cm³/mol. The van der Waals surface area contributed by atoms with Crippen LogP contribution in [0.3, 0.4) is 0 Å². The normalized spacial score (nSPS) is 12.5. The summed E-state index contributed by atoms with van der Waals surface area (Å²) < 4.78 is 7.35. The second kappa shape index (κ2) is 12.7. The van der Waals surface area contributed by atoms with Crippen LogP contribution in [-0.2, 0) is 28.9 Å². The van der Waals surface area contributed by atoms with Crippen molar-refractivity contribution in [3.05, 3.63) is 45.3 Å². The molecule has 1 aromatic carbocycles. The molecule has 3 aromatic rings. The van der Waals surface area contributed by atoms with E-state index in [9.17, 15) is 9.59 Å². The van der Waals surface area contributed by atoms with E-state index in [0.717, 1.165) is 62.0 Å². The van der Waals surface area contributed by atoms with Crippen molar-refractivity contribution in [1.82, 2.24) is 14.8 Å². The molecule has 36 heavy (non-hydrogen) atoms. The van der Waals surface area contributed by atoms with Gasteiger partial charge in [0.1, 0.15) is 5.00 Å². The van der Waals surface area contributed by atoms with Crippen molar-refractivity contribution >= 4 is 51.6 Å². The Morgan fingerprint density at radius 3 is 2.69 bits per heavy atom. The van der Waals surface area contributed by atoms with Gasteiger partial charge >= 0.3 is 5.97 Å². The van der Waals surface area contributed by atoms with E-state index in [4.69, 9.17) is 16.3 Å². The van der Waals surface area contributed by atoms with E-state index >= 15 is 0 Å². The topological polar surface area (TPSA) is 86.1 Å². The van der Waals surface area contributed by atoms with E-state index in [-0.39, 0.29) is 17.6 Å². The van der Waals surface area contributed by atoms with Crippen molar-refractivity contribution in [1.29, 1.82) is 0 Å². The van der Waals surface area contributed by atoms with Gasteiger partial charge in [-0.15, -0.1) is 21.5 Å². The van der Waals surface area contributed by atoms with E-state index in [1.54, 1.807) is 6.92 Å². The molecule has 192 valence electrons. The number of benzene rings is 1. The number of nitrogens with one attached hydrogen (secondary N) is 1. The van der Waals surface area contributed by atoms with Gasteiger partial charge in [-0.1, -0.05) is 49.5 Å². The molecule has 0 saturated carbocycles. The maximum Gasteiger partial charge on any atom is 0.341 e. The monoisotopic (exact) mass is 546 g/mol. The Morgan fingerprint density at radius 1 is 1.14 bits per heavy atom. The lowest BCUT2D eigenvalue weighted by molar-refractivity contribution is -0.113. The largest absolute Gasteiger partial charge is 0.462 e. The number of aromatic nitrogens is 3. The molecule has 10 heteroatoms. The van der Waals surface area contributed by atoms with Gasteiger partial charge < -0.3 is 14.6 Å². The van der Waals surface area contributed by atoms with Crippen LogP contribution in [0.2, 0.25) is 5.02 Å². The third kappa shape index (κ3) is 6.30. The van der Waals surface area contributed by atoms with E-state index in [1.165, 1.54) is 34.4 Å². The highest BCUT2D eigenvalue weighted by atomic mass is 35.5. The van der Waals surface area contributed by atoms with Gasteiger partial charge in [-0.2, -0.15) is 0 Å². The van der Waals surface area contributed by atoms with Crippen molar-refractivity contribution in [2.45, 2.75) is 70.5 Å². The third-order valence-corrected chi connectivity index (χ3v) is 8.47. The summed E-state index contributed by atoms with van der Waals surface area (Å²) in [6, 6.07) is 7.55. The minimum Gasteiger partial charge on any atom is -0.462 e. The van der Waals surface area contributed by atoms with Crippen molar-refractivity contribution < 1.29 is 14.3 Å². The highest BCUT2D eigenvalue weighted by molar-refractivity contribution is 7.99. The number of ether oxygens (including phenoxy) is 1. The summed E-state index contributed by atoms with van der Waals surface area (Å²) in [5, 5.41) is 13.7. The molecule has 7 nitrogen and oxygen atoms in total. The molecule has 0 saturated heterocycles. The fourth-order valence-electron chi connectivity index (χ4n) is 4.31. The molecule has 1 aliphatic carbocycles. The summed E-state index contributed by atoms with van der Waals surface area (Å²) in [7, 11) is 0. The predicted octanol–water partition coefficient (Wildman–Crippen LogP) is 6.64. The molecule has 1 amide bonds. The number of anilines is 1. The first-order chi connectivity index (χ1) is 17.5. The summed E-state index contributed by atoms with van der Waals surface area (Å²) in [6.07, 6.45) is 7.28. The average molecular weight is 547 g/mol. The molecule has 2 heterocycles. The number of halogens is 1. The van der Waals surface area contributed by atoms with Crippen LogP contribution in [0.25, 0.3) is 11.4 Å². The summed E-state index contributed by atoms with van der Waals surface area (Å²) in [6.45, 7) is 5.06. The Kier molecular flexibility index (Phi) is 9.45. The van der Waals surface area contributed by atoms with Gasteiger partial charge in [-0.3, -0.25) is 4.79 Å². The second-order valence-electron chi connectivity index (χ2n) is 8.64. The number of hydrogen-bond donors (Lipinski definition) is 1. The Morgan fingerprint density at radius 2 is 1.94 bits per heavy atom. The van der Waals surface area contributed by atoms with Gasteiger partial charge in [-0.05, 0) is 62.4 Å². The Hall–Kier alpha value is -2.36.